The SMILES string of the molecule is c1ccc(-c2ccc(-c3cccc(N(c4ccc5c(c4)oc4ccccc45)c4ccccc4-c4ccc(-c5ccccc5)cc4)c3)cc2)cc1.c1ccc(-c2ccc(-c3cccc(N(c4ccc5c(c4)oc4ccccc45)c4ccccc4-c4cccc(-c5ccccc5)c4)c3)cc2)cc1.c1ccc(-c2ccc(-c3cccc(N(c4cccc(-c5ccccc5-c5ccccc5)c4)c4ccc5c(c4)oc4ccccc45)c3)cc2)cc1. The molecular formula is C144H99N3O3. The van der Waals surface area contributed by atoms with E-state index < -0.39 is 0 Å². The van der Waals surface area contributed by atoms with Gasteiger partial charge in [0.25, 0.3) is 0 Å². The van der Waals surface area contributed by atoms with Crippen LogP contribution in [0.4, 0.5) is 51.2 Å². The summed E-state index contributed by atoms with van der Waals surface area (Å²) in [4.78, 5) is 7.05. The molecule has 6 heteroatoms. The summed E-state index contributed by atoms with van der Waals surface area (Å²) in [5.41, 5.74) is 43.2. The summed E-state index contributed by atoms with van der Waals surface area (Å²) in [6.07, 6.45) is 0. The summed E-state index contributed by atoms with van der Waals surface area (Å²) in [7, 11) is 0. The van der Waals surface area contributed by atoms with Crippen LogP contribution in [0.15, 0.2) is 614 Å². The van der Waals surface area contributed by atoms with Gasteiger partial charge in [0.2, 0.25) is 0 Å². The van der Waals surface area contributed by atoms with Gasteiger partial charge in [0.15, 0.2) is 0 Å². The number of benzene rings is 24. The second kappa shape index (κ2) is 41.4. The minimum Gasteiger partial charge on any atom is -0.456 e. The smallest absolute Gasteiger partial charge is 0.137 e. The highest BCUT2D eigenvalue weighted by atomic mass is 16.3. The van der Waals surface area contributed by atoms with Crippen molar-refractivity contribution in [3.05, 3.63) is 601 Å². The Labute approximate surface area is 872 Å². The van der Waals surface area contributed by atoms with Crippen molar-refractivity contribution >= 4 is 117 Å². The number of nitrogens with zero attached hydrogens (tertiary/aromatic N) is 3. The van der Waals surface area contributed by atoms with Crippen molar-refractivity contribution < 1.29 is 13.3 Å². The van der Waals surface area contributed by atoms with Crippen LogP contribution < -0.4 is 14.7 Å². The molecule has 0 aliphatic carbocycles. The Morgan fingerprint density at radius 3 is 0.640 bits per heavy atom. The second-order valence-corrected chi connectivity index (χ2v) is 37.7. The average molecular weight is 1920 g/mol. The number of fused-ring (bicyclic) bond motifs is 9. The number of furan rings is 3. The first kappa shape index (κ1) is 91.3. The van der Waals surface area contributed by atoms with Gasteiger partial charge in [0, 0.05) is 101 Å². The van der Waals surface area contributed by atoms with Crippen molar-refractivity contribution in [2.45, 2.75) is 0 Å². The maximum absolute atomic E-state index is 6.41. The van der Waals surface area contributed by atoms with Gasteiger partial charge >= 0.3 is 0 Å². The lowest BCUT2D eigenvalue weighted by Crippen LogP contribution is -2.11. The molecule has 150 heavy (non-hydrogen) atoms. The van der Waals surface area contributed by atoms with Gasteiger partial charge < -0.3 is 28.0 Å². The number of hydrogen-bond donors (Lipinski definition) is 0. The van der Waals surface area contributed by atoms with Crippen LogP contribution in [0.3, 0.4) is 0 Å². The van der Waals surface area contributed by atoms with Crippen LogP contribution >= 0.6 is 0 Å². The first-order chi connectivity index (χ1) is 74.3. The number of para-hydroxylation sites is 5. The van der Waals surface area contributed by atoms with E-state index in [1.807, 2.05) is 36.4 Å². The van der Waals surface area contributed by atoms with Crippen LogP contribution in [0.2, 0.25) is 0 Å². The van der Waals surface area contributed by atoms with Gasteiger partial charge in [-0.1, -0.05) is 461 Å². The van der Waals surface area contributed by atoms with E-state index in [9.17, 15) is 0 Å². The maximum Gasteiger partial charge on any atom is 0.137 e. The van der Waals surface area contributed by atoms with Crippen molar-refractivity contribution in [2.75, 3.05) is 14.7 Å². The molecule has 0 N–H and O–H groups in total. The predicted octanol–water partition coefficient (Wildman–Crippen LogP) is 41.2. The largest absolute Gasteiger partial charge is 0.456 e. The molecule has 0 saturated carbocycles. The van der Waals surface area contributed by atoms with Crippen molar-refractivity contribution in [3.63, 3.8) is 0 Å². The van der Waals surface area contributed by atoms with E-state index in [1.54, 1.807) is 0 Å². The van der Waals surface area contributed by atoms with E-state index >= 15 is 0 Å². The number of anilines is 9. The zero-order valence-electron chi connectivity index (χ0n) is 82.2. The van der Waals surface area contributed by atoms with Crippen LogP contribution in [0.5, 0.6) is 0 Å². The van der Waals surface area contributed by atoms with E-state index in [1.165, 1.54) is 89.0 Å². The van der Waals surface area contributed by atoms with E-state index in [0.29, 0.717) is 0 Å². The molecule has 0 bridgehead atoms. The predicted molar refractivity (Wildman–Crippen MR) is 630 cm³/mol. The van der Waals surface area contributed by atoms with Gasteiger partial charge in [0.05, 0.1) is 11.4 Å². The molecule has 0 radical (unpaired) electrons. The zero-order valence-corrected chi connectivity index (χ0v) is 82.2. The minimum absolute atomic E-state index is 0.866. The third-order valence-corrected chi connectivity index (χ3v) is 28.5. The highest BCUT2D eigenvalue weighted by Crippen LogP contribution is 2.50. The Balaban J connectivity index is 0.000000116. The molecule has 0 aliphatic heterocycles. The molecule has 3 aromatic heterocycles. The van der Waals surface area contributed by atoms with Crippen molar-refractivity contribution in [3.8, 4) is 134 Å². The lowest BCUT2D eigenvalue weighted by atomic mass is 9.94. The summed E-state index contributed by atoms with van der Waals surface area (Å²) in [6, 6.07) is 213. The molecule has 27 aromatic rings. The lowest BCUT2D eigenvalue weighted by Gasteiger charge is -2.28. The molecule has 3 heterocycles. The van der Waals surface area contributed by atoms with Crippen LogP contribution in [-0.4, -0.2) is 0 Å². The zero-order chi connectivity index (χ0) is 99.8. The van der Waals surface area contributed by atoms with Gasteiger partial charge in [-0.15, -0.1) is 0 Å². The summed E-state index contributed by atoms with van der Waals surface area (Å²) in [5.74, 6) is 0. The van der Waals surface area contributed by atoms with Crippen molar-refractivity contribution in [1.82, 2.24) is 0 Å². The lowest BCUT2D eigenvalue weighted by molar-refractivity contribution is 0.668. The molecule has 708 valence electrons. The summed E-state index contributed by atoms with van der Waals surface area (Å²) in [6.45, 7) is 0. The fourth-order valence-corrected chi connectivity index (χ4v) is 21.0. The topological polar surface area (TPSA) is 49.1 Å². The van der Waals surface area contributed by atoms with Gasteiger partial charge in [-0.2, -0.15) is 0 Å². The Bertz CT molecular complexity index is 9480. The number of hydrogen-bond acceptors (Lipinski definition) is 6. The van der Waals surface area contributed by atoms with Gasteiger partial charge in [-0.05, 0) is 244 Å². The summed E-state index contributed by atoms with van der Waals surface area (Å²) < 4.78 is 19.2. The van der Waals surface area contributed by atoms with Gasteiger partial charge in [-0.3, -0.25) is 0 Å². The van der Waals surface area contributed by atoms with E-state index in [4.69, 9.17) is 13.3 Å². The molecule has 0 amide bonds. The van der Waals surface area contributed by atoms with E-state index in [0.717, 1.165) is 162 Å². The summed E-state index contributed by atoms with van der Waals surface area (Å²) in [5, 5.41) is 6.71. The summed E-state index contributed by atoms with van der Waals surface area (Å²) >= 11 is 0. The fourth-order valence-electron chi connectivity index (χ4n) is 21.0. The molecular weight excluding hydrogens is 1820 g/mol. The molecule has 0 fully saturated rings. The third-order valence-electron chi connectivity index (χ3n) is 28.5. The quantitative estimate of drug-likeness (QED) is 0.0715. The molecule has 0 spiro atoms. The van der Waals surface area contributed by atoms with Crippen LogP contribution in [0.1, 0.15) is 0 Å². The van der Waals surface area contributed by atoms with Crippen molar-refractivity contribution in [1.29, 1.82) is 0 Å². The Morgan fingerprint density at radius 1 is 0.100 bits per heavy atom. The van der Waals surface area contributed by atoms with E-state index in [-0.39, 0.29) is 0 Å². The fraction of sp³-hybridized carbons (Fsp3) is 0. The number of rotatable bonds is 21. The van der Waals surface area contributed by atoms with Crippen molar-refractivity contribution in [2.24, 2.45) is 0 Å². The highest BCUT2D eigenvalue weighted by Gasteiger charge is 2.26. The van der Waals surface area contributed by atoms with Crippen LogP contribution in [-0.2, 0) is 0 Å². The first-order valence-electron chi connectivity index (χ1n) is 51.0. The van der Waals surface area contributed by atoms with Gasteiger partial charge in [0.1, 0.15) is 33.5 Å². The standard InChI is InChI=1S/3C48H33NO/c1-3-13-34(14-4-1)36-25-27-37(28-26-36)39-18-12-20-41(32-39)49(42-29-30-45-44-22-8-10-24-47(44)50-48(45)33-42)46-23-9-7-21-43(46)40-19-11-17-38(31-40)35-15-5-2-6-16-35;1-3-12-34(13-4-1)36-22-24-38(25-23-36)40-16-11-17-41(32-40)49(42-30-31-45-44-19-8-10-21-47(44)50-48(45)33-42)46-20-9-7-18-43(46)39-28-26-37(27-29-39)35-14-5-2-6-15-35;1-3-13-34(14-4-1)35-25-27-36(28-26-35)38-17-11-19-40(31-38)49(42-29-30-46-45-23-9-10-24-47(45)50-48(46)33-42)41-20-12-18-39(32-41)44-22-8-7-21-43(44)37-15-5-2-6-16-37/h3*1-33H. The Morgan fingerprint density at radius 2 is 0.293 bits per heavy atom. The van der Waals surface area contributed by atoms with E-state index in [2.05, 4.69) is 579 Å². The molecule has 6 nitrogen and oxygen atoms in total. The molecule has 0 saturated heterocycles. The second-order valence-electron chi connectivity index (χ2n) is 37.7. The van der Waals surface area contributed by atoms with Gasteiger partial charge in [-0.25, -0.2) is 0 Å². The highest BCUT2D eigenvalue weighted by molar-refractivity contribution is 6.10. The Hall–Kier alpha value is -19.9. The third kappa shape index (κ3) is 18.9. The minimum atomic E-state index is 0.866. The molecule has 27 rings (SSSR count). The van der Waals surface area contributed by atoms with Crippen LogP contribution in [0.25, 0.3) is 199 Å². The van der Waals surface area contributed by atoms with Crippen LogP contribution in [0, 0.1) is 0 Å². The molecule has 0 unspecified atom stereocenters. The molecule has 0 atom stereocenters. The molecule has 0 aliphatic rings. The Kier molecular flexibility index (Phi) is 25.2. The average Bonchev–Trinajstić information content (AvgIpc) is 1.54. The monoisotopic (exact) mass is 1920 g/mol. The maximum atomic E-state index is 6.41. The normalized spacial score (nSPS) is 11.2. The molecule has 24 aromatic carbocycles. The first-order valence-corrected chi connectivity index (χ1v) is 51.0.